The van der Waals surface area contributed by atoms with Gasteiger partial charge in [-0.3, -0.25) is 0 Å². The number of nitrogens with one attached hydrogen (secondary N) is 1. The van der Waals surface area contributed by atoms with Crippen molar-refractivity contribution in [1.82, 2.24) is 14.3 Å². The van der Waals surface area contributed by atoms with Gasteiger partial charge in [0.2, 0.25) is 0 Å². The van der Waals surface area contributed by atoms with Crippen molar-refractivity contribution in [1.29, 1.82) is 0 Å². The topological polar surface area (TPSA) is 64.0 Å². The molecular weight excluding hydrogens is 178 g/mol. The molecule has 0 saturated carbocycles. The minimum Gasteiger partial charge on any atom is -0.321 e. The van der Waals surface area contributed by atoms with E-state index in [1.165, 1.54) is 19.6 Å². The zero-order chi connectivity index (χ0) is 9.19. The summed E-state index contributed by atoms with van der Waals surface area (Å²) in [6, 6.07) is 0. The van der Waals surface area contributed by atoms with Crippen LogP contribution in [0.25, 0.3) is 0 Å². The first-order valence-electron chi connectivity index (χ1n) is 3.55. The predicted octanol–water partition coefficient (Wildman–Crippen LogP) is -0.189. The molecule has 6 heteroatoms. The average Bonchev–Trinajstić information content (AvgIpc) is 2.52. The number of sulfonamides is 1. The maximum Gasteiger partial charge on any atom is 0.257 e. The van der Waals surface area contributed by atoms with Crippen molar-refractivity contribution < 1.29 is 8.42 Å². The van der Waals surface area contributed by atoms with E-state index >= 15 is 0 Å². The molecule has 1 aromatic rings. The Bertz CT molecular complexity index is 355. The molecule has 0 amide bonds. The number of nitrogens with zero attached hydrogens (tertiary/aromatic N) is 2. The second-order valence-electron chi connectivity index (χ2n) is 2.23. The minimum atomic E-state index is -3.35. The lowest BCUT2D eigenvalue weighted by atomic mass is 10.7. The Labute approximate surface area is 71.5 Å². The van der Waals surface area contributed by atoms with E-state index in [-0.39, 0.29) is 5.03 Å². The van der Waals surface area contributed by atoms with Gasteiger partial charge in [0.25, 0.3) is 10.0 Å². The van der Waals surface area contributed by atoms with Crippen molar-refractivity contribution in [2.24, 2.45) is 0 Å². The summed E-state index contributed by atoms with van der Waals surface area (Å²) in [6.45, 7) is 2.45. The molecular formula is C6H11N3O2S. The number of rotatable bonds is 3. The summed E-state index contributed by atoms with van der Waals surface area (Å²) in [7, 11) is -1.97. The molecule has 5 nitrogen and oxygen atoms in total. The van der Waals surface area contributed by atoms with Crippen LogP contribution >= 0.6 is 0 Å². The highest BCUT2D eigenvalue weighted by Gasteiger charge is 2.15. The van der Waals surface area contributed by atoms with Crippen molar-refractivity contribution in [3.63, 3.8) is 0 Å². The lowest BCUT2D eigenvalue weighted by Gasteiger charge is -2.03. The molecule has 0 radical (unpaired) electrons. The molecule has 0 fully saturated rings. The standard InChI is InChI=1S/C6H11N3O2S/c1-3-9-5-8-4-6(9)12(10,11)7-2/h4-5,7H,3H2,1-2H3. The molecule has 0 saturated heterocycles. The number of hydrogen-bond donors (Lipinski definition) is 1. The van der Waals surface area contributed by atoms with E-state index in [9.17, 15) is 8.42 Å². The van der Waals surface area contributed by atoms with Crippen LogP contribution < -0.4 is 4.72 Å². The average molecular weight is 189 g/mol. The molecule has 0 aliphatic heterocycles. The zero-order valence-corrected chi connectivity index (χ0v) is 7.80. The van der Waals surface area contributed by atoms with Gasteiger partial charge in [0.1, 0.15) is 0 Å². The first-order valence-corrected chi connectivity index (χ1v) is 5.03. The van der Waals surface area contributed by atoms with E-state index in [1.807, 2.05) is 6.92 Å². The van der Waals surface area contributed by atoms with E-state index in [2.05, 4.69) is 9.71 Å². The number of aromatic nitrogens is 2. The summed E-state index contributed by atoms with van der Waals surface area (Å²) in [4.78, 5) is 3.75. The summed E-state index contributed by atoms with van der Waals surface area (Å²) in [5, 5.41) is 0.201. The molecule has 0 aromatic carbocycles. The Kier molecular flexibility index (Phi) is 2.49. The lowest BCUT2D eigenvalue weighted by Crippen LogP contribution is -2.21. The van der Waals surface area contributed by atoms with Gasteiger partial charge in [-0.25, -0.2) is 18.1 Å². The van der Waals surface area contributed by atoms with E-state index in [4.69, 9.17) is 0 Å². The van der Waals surface area contributed by atoms with Crippen molar-refractivity contribution in [3.8, 4) is 0 Å². The third kappa shape index (κ3) is 1.49. The maximum atomic E-state index is 11.3. The zero-order valence-electron chi connectivity index (χ0n) is 6.98. The molecule has 1 rings (SSSR count). The molecule has 68 valence electrons. The van der Waals surface area contributed by atoms with Crippen LogP contribution in [0.3, 0.4) is 0 Å². The summed E-state index contributed by atoms with van der Waals surface area (Å²) in [5.41, 5.74) is 0. The molecule has 1 aromatic heterocycles. The third-order valence-corrected chi connectivity index (χ3v) is 2.99. The van der Waals surface area contributed by atoms with Crippen LogP contribution in [0.4, 0.5) is 0 Å². The van der Waals surface area contributed by atoms with E-state index in [1.54, 1.807) is 4.57 Å². The molecule has 0 aliphatic carbocycles. The third-order valence-electron chi connectivity index (χ3n) is 1.56. The highest BCUT2D eigenvalue weighted by molar-refractivity contribution is 7.89. The molecule has 0 spiro atoms. The largest absolute Gasteiger partial charge is 0.321 e. The van der Waals surface area contributed by atoms with Crippen molar-refractivity contribution in [2.75, 3.05) is 7.05 Å². The SMILES string of the molecule is CCn1cncc1S(=O)(=O)NC. The highest BCUT2D eigenvalue weighted by atomic mass is 32.2. The van der Waals surface area contributed by atoms with Crippen LogP contribution in [-0.2, 0) is 16.6 Å². The Morgan fingerprint density at radius 3 is 2.83 bits per heavy atom. The Morgan fingerprint density at radius 2 is 2.33 bits per heavy atom. The number of hydrogen-bond acceptors (Lipinski definition) is 3. The second kappa shape index (κ2) is 3.24. The first-order chi connectivity index (χ1) is 5.61. The Morgan fingerprint density at radius 1 is 1.67 bits per heavy atom. The maximum absolute atomic E-state index is 11.3. The second-order valence-corrected chi connectivity index (χ2v) is 4.06. The van der Waals surface area contributed by atoms with Gasteiger partial charge in [-0.1, -0.05) is 0 Å². The summed E-state index contributed by atoms with van der Waals surface area (Å²) >= 11 is 0. The van der Waals surface area contributed by atoms with E-state index in [0.29, 0.717) is 6.54 Å². The smallest absolute Gasteiger partial charge is 0.257 e. The van der Waals surface area contributed by atoms with Crippen molar-refractivity contribution in [2.45, 2.75) is 18.5 Å². The first kappa shape index (κ1) is 9.21. The Balaban J connectivity index is 3.19. The summed E-state index contributed by atoms with van der Waals surface area (Å²) < 4.78 is 26.3. The normalized spacial score (nSPS) is 11.8. The summed E-state index contributed by atoms with van der Waals surface area (Å²) in [5.74, 6) is 0. The monoisotopic (exact) mass is 189 g/mol. The lowest BCUT2D eigenvalue weighted by molar-refractivity contribution is 0.570. The van der Waals surface area contributed by atoms with Crippen LogP contribution in [0.5, 0.6) is 0 Å². The van der Waals surface area contributed by atoms with Gasteiger partial charge in [-0.05, 0) is 14.0 Å². The molecule has 1 heterocycles. The van der Waals surface area contributed by atoms with Gasteiger partial charge in [0.15, 0.2) is 5.03 Å². The fourth-order valence-corrected chi connectivity index (χ4v) is 1.77. The fourth-order valence-electron chi connectivity index (χ4n) is 0.874. The predicted molar refractivity (Wildman–Crippen MR) is 44.1 cm³/mol. The van der Waals surface area contributed by atoms with E-state index < -0.39 is 10.0 Å². The molecule has 0 atom stereocenters. The van der Waals surface area contributed by atoms with Gasteiger partial charge in [-0.15, -0.1) is 0 Å². The molecule has 0 unspecified atom stereocenters. The highest BCUT2D eigenvalue weighted by Crippen LogP contribution is 2.06. The van der Waals surface area contributed by atoms with Gasteiger partial charge < -0.3 is 4.57 Å². The van der Waals surface area contributed by atoms with E-state index in [0.717, 1.165) is 0 Å². The number of imidazole rings is 1. The molecule has 12 heavy (non-hydrogen) atoms. The van der Waals surface area contributed by atoms with Crippen molar-refractivity contribution in [3.05, 3.63) is 12.5 Å². The van der Waals surface area contributed by atoms with Crippen LogP contribution in [0.15, 0.2) is 17.6 Å². The van der Waals surface area contributed by atoms with Crippen molar-refractivity contribution >= 4 is 10.0 Å². The van der Waals surface area contributed by atoms with Crippen LogP contribution in [0, 0.1) is 0 Å². The van der Waals surface area contributed by atoms with Gasteiger partial charge in [0, 0.05) is 6.54 Å². The molecule has 0 aliphatic rings. The fraction of sp³-hybridized carbons (Fsp3) is 0.500. The van der Waals surface area contributed by atoms with Crippen LogP contribution in [0.2, 0.25) is 0 Å². The van der Waals surface area contributed by atoms with Gasteiger partial charge >= 0.3 is 0 Å². The summed E-state index contributed by atoms with van der Waals surface area (Å²) in [6.07, 6.45) is 2.82. The van der Waals surface area contributed by atoms with Crippen LogP contribution in [0.1, 0.15) is 6.92 Å². The molecule has 0 bridgehead atoms. The van der Waals surface area contributed by atoms with Gasteiger partial charge in [0.05, 0.1) is 12.5 Å². The van der Waals surface area contributed by atoms with Gasteiger partial charge in [-0.2, -0.15) is 0 Å². The van der Waals surface area contributed by atoms with Crippen LogP contribution in [-0.4, -0.2) is 25.0 Å². The minimum absolute atomic E-state index is 0.201. The quantitative estimate of drug-likeness (QED) is 0.717. The Hall–Kier alpha value is -0.880. The molecule has 1 N–H and O–H groups in total. The number of aryl methyl sites for hydroxylation is 1.